The first-order valence-corrected chi connectivity index (χ1v) is 5.94. The lowest BCUT2D eigenvalue weighted by Crippen LogP contribution is -2.04. The molecule has 1 aliphatic carbocycles. The Morgan fingerprint density at radius 1 is 1.47 bits per heavy atom. The molecular weight excluding hydrogens is 212 g/mol. The number of fused-ring (bicyclic) bond motifs is 1. The average Bonchev–Trinajstić information content (AvgIpc) is 3.10. The minimum absolute atomic E-state index is 0.552. The van der Waals surface area contributed by atoms with Gasteiger partial charge in [-0.15, -0.1) is 0 Å². The van der Waals surface area contributed by atoms with Crippen LogP contribution in [0.2, 0.25) is 0 Å². The normalized spacial score (nSPS) is 15.0. The number of anilines is 1. The van der Waals surface area contributed by atoms with Gasteiger partial charge in [0.15, 0.2) is 0 Å². The Balaban J connectivity index is 2.01. The Bertz CT molecular complexity index is 602. The first-order chi connectivity index (χ1) is 8.28. The van der Waals surface area contributed by atoms with E-state index in [0.717, 1.165) is 29.9 Å². The van der Waals surface area contributed by atoms with Gasteiger partial charge < -0.3 is 10.3 Å². The predicted octanol–water partition coefficient (Wildman–Crippen LogP) is 2.29. The molecule has 2 aromatic rings. The molecule has 4 heteroatoms. The van der Waals surface area contributed by atoms with E-state index in [1.165, 1.54) is 12.8 Å². The van der Waals surface area contributed by atoms with Crippen LogP contribution in [0.5, 0.6) is 0 Å². The van der Waals surface area contributed by atoms with Crippen LogP contribution in [0, 0.1) is 17.2 Å². The minimum Gasteiger partial charge on any atom is -0.369 e. The van der Waals surface area contributed by atoms with Gasteiger partial charge in [0.2, 0.25) is 5.95 Å². The Kier molecular flexibility index (Phi) is 2.25. The highest BCUT2D eigenvalue weighted by Crippen LogP contribution is 2.33. The molecule has 1 fully saturated rings. The van der Waals surface area contributed by atoms with E-state index >= 15 is 0 Å². The third-order valence-corrected chi connectivity index (χ3v) is 3.36. The molecule has 3 rings (SSSR count). The van der Waals surface area contributed by atoms with Gasteiger partial charge in [0.25, 0.3) is 0 Å². The third kappa shape index (κ3) is 1.84. The predicted molar refractivity (Wildman–Crippen MR) is 66.2 cm³/mol. The van der Waals surface area contributed by atoms with Crippen molar-refractivity contribution in [1.82, 2.24) is 9.55 Å². The fraction of sp³-hybridized carbons (Fsp3) is 0.385. The summed E-state index contributed by atoms with van der Waals surface area (Å²) in [5.41, 5.74) is 8.42. The van der Waals surface area contributed by atoms with Crippen molar-refractivity contribution >= 4 is 17.0 Å². The number of nitriles is 1. The lowest BCUT2D eigenvalue weighted by atomic mass is 10.2. The van der Waals surface area contributed by atoms with Gasteiger partial charge >= 0.3 is 0 Å². The molecule has 0 bridgehead atoms. The van der Waals surface area contributed by atoms with E-state index in [1.54, 1.807) is 6.07 Å². The van der Waals surface area contributed by atoms with Crippen molar-refractivity contribution < 1.29 is 0 Å². The van der Waals surface area contributed by atoms with Gasteiger partial charge in [-0.3, -0.25) is 0 Å². The number of imidazole rings is 1. The molecule has 0 spiro atoms. The van der Waals surface area contributed by atoms with Gasteiger partial charge in [-0.05, 0) is 30.5 Å². The molecule has 0 radical (unpaired) electrons. The summed E-state index contributed by atoms with van der Waals surface area (Å²) < 4.78 is 2.02. The van der Waals surface area contributed by atoms with Crippen LogP contribution in [0.15, 0.2) is 18.2 Å². The first-order valence-electron chi connectivity index (χ1n) is 5.94. The SMILES string of the molecule is N#Cc1ccc2nc(N)n(CCC3CC3)c2c1. The molecule has 86 valence electrons. The van der Waals surface area contributed by atoms with Crippen LogP contribution in [0.1, 0.15) is 24.8 Å². The van der Waals surface area contributed by atoms with Crippen LogP contribution in [-0.4, -0.2) is 9.55 Å². The second kappa shape index (κ2) is 3.77. The number of hydrogen-bond donors (Lipinski definition) is 1. The Labute approximate surface area is 99.7 Å². The van der Waals surface area contributed by atoms with Crippen LogP contribution >= 0.6 is 0 Å². The van der Waals surface area contributed by atoms with Gasteiger partial charge in [-0.25, -0.2) is 4.98 Å². The number of hydrogen-bond acceptors (Lipinski definition) is 3. The smallest absolute Gasteiger partial charge is 0.201 e. The number of benzene rings is 1. The molecule has 1 aromatic carbocycles. The minimum atomic E-state index is 0.552. The number of nitrogens with zero attached hydrogens (tertiary/aromatic N) is 3. The molecule has 1 aliphatic rings. The summed E-state index contributed by atoms with van der Waals surface area (Å²) in [4.78, 5) is 4.32. The molecule has 1 heterocycles. The fourth-order valence-corrected chi connectivity index (χ4v) is 2.16. The van der Waals surface area contributed by atoms with Crippen molar-refractivity contribution in [3.63, 3.8) is 0 Å². The van der Waals surface area contributed by atoms with Gasteiger partial charge in [-0.1, -0.05) is 12.8 Å². The van der Waals surface area contributed by atoms with Crippen molar-refractivity contribution in [2.75, 3.05) is 5.73 Å². The monoisotopic (exact) mass is 226 g/mol. The summed E-state index contributed by atoms with van der Waals surface area (Å²) in [6, 6.07) is 7.65. The molecule has 0 atom stereocenters. The van der Waals surface area contributed by atoms with Gasteiger partial charge in [0.1, 0.15) is 0 Å². The summed E-state index contributed by atoms with van der Waals surface area (Å²) in [5, 5.41) is 8.91. The number of rotatable bonds is 3. The van der Waals surface area contributed by atoms with Gasteiger partial charge in [0, 0.05) is 6.54 Å². The second-order valence-corrected chi connectivity index (χ2v) is 4.67. The molecule has 0 amide bonds. The Hall–Kier alpha value is -2.02. The van der Waals surface area contributed by atoms with E-state index in [2.05, 4.69) is 11.1 Å². The average molecular weight is 226 g/mol. The number of aryl methyl sites for hydroxylation is 1. The van der Waals surface area contributed by atoms with Crippen molar-refractivity contribution in [3.8, 4) is 6.07 Å². The quantitative estimate of drug-likeness (QED) is 0.873. The molecule has 1 saturated carbocycles. The highest BCUT2D eigenvalue weighted by molar-refractivity contribution is 5.79. The molecule has 1 aromatic heterocycles. The lowest BCUT2D eigenvalue weighted by Gasteiger charge is -2.05. The number of nitrogen functional groups attached to an aromatic ring is 1. The topological polar surface area (TPSA) is 67.6 Å². The highest BCUT2D eigenvalue weighted by Gasteiger charge is 2.21. The summed E-state index contributed by atoms with van der Waals surface area (Å²) in [5.74, 6) is 1.42. The molecule has 0 unspecified atom stereocenters. The summed E-state index contributed by atoms with van der Waals surface area (Å²) in [6.45, 7) is 0.905. The van der Waals surface area contributed by atoms with E-state index in [1.807, 2.05) is 16.7 Å². The van der Waals surface area contributed by atoms with Crippen molar-refractivity contribution in [3.05, 3.63) is 23.8 Å². The molecule has 0 saturated heterocycles. The zero-order valence-electron chi connectivity index (χ0n) is 9.56. The number of aromatic nitrogens is 2. The summed E-state index contributed by atoms with van der Waals surface area (Å²) in [7, 11) is 0. The van der Waals surface area contributed by atoms with Gasteiger partial charge in [0.05, 0.1) is 22.7 Å². The van der Waals surface area contributed by atoms with Crippen molar-refractivity contribution in [2.24, 2.45) is 5.92 Å². The maximum Gasteiger partial charge on any atom is 0.201 e. The summed E-state index contributed by atoms with van der Waals surface area (Å²) >= 11 is 0. The highest BCUT2D eigenvalue weighted by atomic mass is 15.1. The van der Waals surface area contributed by atoms with E-state index < -0.39 is 0 Å². The van der Waals surface area contributed by atoms with Crippen LogP contribution < -0.4 is 5.73 Å². The van der Waals surface area contributed by atoms with E-state index in [0.29, 0.717) is 11.5 Å². The van der Waals surface area contributed by atoms with Gasteiger partial charge in [-0.2, -0.15) is 5.26 Å². The zero-order valence-corrected chi connectivity index (χ0v) is 9.56. The van der Waals surface area contributed by atoms with Crippen LogP contribution in [0.25, 0.3) is 11.0 Å². The van der Waals surface area contributed by atoms with Crippen LogP contribution in [0.4, 0.5) is 5.95 Å². The van der Waals surface area contributed by atoms with E-state index in [4.69, 9.17) is 11.0 Å². The largest absolute Gasteiger partial charge is 0.369 e. The Morgan fingerprint density at radius 2 is 2.29 bits per heavy atom. The standard InChI is InChI=1S/C13H14N4/c14-8-10-3-4-11-12(7-10)17(13(15)16-11)6-5-9-1-2-9/h3-4,7,9H,1-2,5-6H2,(H2,15,16). The second-order valence-electron chi connectivity index (χ2n) is 4.67. The van der Waals surface area contributed by atoms with E-state index in [-0.39, 0.29) is 0 Å². The Morgan fingerprint density at radius 3 is 3.00 bits per heavy atom. The molecule has 0 aliphatic heterocycles. The molecule has 2 N–H and O–H groups in total. The third-order valence-electron chi connectivity index (χ3n) is 3.36. The molecular formula is C13H14N4. The van der Waals surface area contributed by atoms with E-state index in [9.17, 15) is 0 Å². The maximum atomic E-state index is 8.91. The van der Waals surface area contributed by atoms with Crippen LogP contribution in [-0.2, 0) is 6.54 Å². The first kappa shape index (κ1) is 10.2. The molecule has 4 nitrogen and oxygen atoms in total. The zero-order chi connectivity index (χ0) is 11.8. The fourth-order valence-electron chi connectivity index (χ4n) is 2.16. The molecule has 17 heavy (non-hydrogen) atoms. The van der Waals surface area contributed by atoms with Crippen molar-refractivity contribution in [1.29, 1.82) is 5.26 Å². The lowest BCUT2D eigenvalue weighted by molar-refractivity contribution is 0.614. The maximum absolute atomic E-state index is 8.91. The number of nitrogens with two attached hydrogens (primary N) is 1. The van der Waals surface area contributed by atoms with Crippen LogP contribution in [0.3, 0.4) is 0 Å². The summed E-state index contributed by atoms with van der Waals surface area (Å²) in [6.07, 6.45) is 3.85. The van der Waals surface area contributed by atoms with Crippen molar-refractivity contribution in [2.45, 2.75) is 25.8 Å².